The fourth-order valence-electron chi connectivity index (χ4n) is 6.27. The highest BCUT2D eigenvalue weighted by Gasteiger charge is 2.19. The summed E-state index contributed by atoms with van der Waals surface area (Å²) in [6.45, 7) is 0. The average molecular weight is 591 g/mol. The first-order valence-electron chi connectivity index (χ1n) is 15.3. The number of hydrogen-bond acceptors (Lipinski definition) is 4. The summed E-state index contributed by atoms with van der Waals surface area (Å²) in [6.07, 6.45) is 0. The zero-order valence-corrected chi connectivity index (χ0v) is 24.7. The minimum atomic E-state index is 0.638. The van der Waals surface area contributed by atoms with Crippen molar-refractivity contribution in [3.8, 4) is 56.4 Å². The van der Waals surface area contributed by atoms with Crippen LogP contribution in [0.15, 0.2) is 162 Å². The van der Waals surface area contributed by atoms with Gasteiger partial charge in [-0.15, -0.1) is 0 Å². The second-order valence-electron chi connectivity index (χ2n) is 11.3. The van der Waals surface area contributed by atoms with Gasteiger partial charge in [0.1, 0.15) is 0 Å². The maximum absolute atomic E-state index is 6.43. The molecule has 0 radical (unpaired) electrons. The van der Waals surface area contributed by atoms with Crippen LogP contribution in [0.3, 0.4) is 0 Å². The van der Waals surface area contributed by atoms with Crippen molar-refractivity contribution >= 4 is 27.7 Å². The van der Waals surface area contributed by atoms with E-state index in [0.29, 0.717) is 17.5 Å². The lowest BCUT2D eigenvalue weighted by Gasteiger charge is -2.10. The van der Waals surface area contributed by atoms with E-state index in [1.807, 2.05) is 72.8 Å². The van der Waals surface area contributed by atoms with Crippen LogP contribution >= 0.6 is 0 Å². The van der Waals surface area contributed by atoms with Crippen LogP contribution in [-0.2, 0) is 0 Å². The van der Waals surface area contributed by atoms with Crippen LogP contribution in [0.1, 0.15) is 0 Å². The molecule has 3 aromatic heterocycles. The first-order valence-corrected chi connectivity index (χ1v) is 15.3. The summed E-state index contributed by atoms with van der Waals surface area (Å²) in [4.78, 5) is 14.7. The molecule has 0 aliphatic carbocycles. The van der Waals surface area contributed by atoms with E-state index >= 15 is 0 Å². The molecule has 0 fully saturated rings. The minimum Gasteiger partial charge on any atom is -0.438 e. The van der Waals surface area contributed by atoms with Crippen molar-refractivity contribution in [1.29, 1.82) is 0 Å². The first-order chi connectivity index (χ1) is 22.8. The molecule has 0 bridgehead atoms. The number of benzene rings is 6. The lowest BCUT2D eigenvalue weighted by molar-refractivity contribution is 0.658. The molecule has 0 saturated carbocycles. The van der Waals surface area contributed by atoms with Gasteiger partial charge < -0.3 is 4.42 Å². The summed E-state index contributed by atoms with van der Waals surface area (Å²) in [5.41, 5.74) is 11.2. The van der Waals surface area contributed by atoms with Gasteiger partial charge >= 0.3 is 0 Å². The summed E-state index contributed by atoms with van der Waals surface area (Å²) in [5.74, 6) is 1.94. The SMILES string of the molecule is c1ccc(-c2nc(-c3ccccc3)nc(-c3cccc(-c4ccc(-c5c6ccccc6n6c5oc5ccccc56)cc4)c3)n2)cc1. The molecule has 5 nitrogen and oxygen atoms in total. The molecule has 0 atom stereocenters. The molecule has 0 spiro atoms. The highest BCUT2D eigenvalue weighted by atomic mass is 16.3. The number of para-hydroxylation sites is 3. The van der Waals surface area contributed by atoms with Crippen molar-refractivity contribution in [2.75, 3.05) is 0 Å². The predicted molar refractivity (Wildman–Crippen MR) is 185 cm³/mol. The Morgan fingerprint density at radius 1 is 0.391 bits per heavy atom. The van der Waals surface area contributed by atoms with Crippen molar-refractivity contribution in [3.63, 3.8) is 0 Å². The predicted octanol–water partition coefficient (Wildman–Crippen LogP) is 10.4. The van der Waals surface area contributed by atoms with Gasteiger partial charge in [-0.3, -0.25) is 4.40 Å². The molecule has 0 unspecified atom stereocenters. The van der Waals surface area contributed by atoms with Gasteiger partial charge in [0, 0.05) is 22.1 Å². The Kier molecular flexibility index (Phi) is 6.06. The van der Waals surface area contributed by atoms with Gasteiger partial charge in [-0.25, -0.2) is 15.0 Å². The van der Waals surface area contributed by atoms with E-state index in [1.54, 1.807) is 0 Å². The van der Waals surface area contributed by atoms with Crippen molar-refractivity contribution in [2.45, 2.75) is 0 Å². The number of rotatable bonds is 5. The molecule has 9 aromatic rings. The Labute approximate surface area is 265 Å². The van der Waals surface area contributed by atoms with Crippen molar-refractivity contribution < 1.29 is 4.42 Å². The van der Waals surface area contributed by atoms with Gasteiger partial charge in [0.05, 0.1) is 16.6 Å². The Hall–Kier alpha value is -6.33. The fourth-order valence-corrected chi connectivity index (χ4v) is 6.27. The lowest BCUT2D eigenvalue weighted by Crippen LogP contribution is -2.00. The molecule has 5 heteroatoms. The second kappa shape index (κ2) is 10.7. The highest BCUT2D eigenvalue weighted by Crippen LogP contribution is 2.40. The Morgan fingerprint density at radius 2 is 0.913 bits per heavy atom. The van der Waals surface area contributed by atoms with E-state index in [1.165, 1.54) is 5.39 Å². The average Bonchev–Trinajstić information content (AvgIpc) is 3.67. The van der Waals surface area contributed by atoms with E-state index in [9.17, 15) is 0 Å². The lowest BCUT2D eigenvalue weighted by atomic mass is 9.98. The standard InChI is InChI=1S/C41H26N4O/c1-3-12-29(13-4-1)38-42-39(30-14-5-2-6-15-30)44-40(43-38)32-17-11-16-31(26-32)27-22-24-28(25-23-27)37-33-18-7-8-19-34(33)45-35-20-9-10-21-36(35)46-41(37)45/h1-26H. The summed E-state index contributed by atoms with van der Waals surface area (Å²) >= 11 is 0. The Bertz CT molecular complexity index is 2460. The number of nitrogens with zero attached hydrogens (tertiary/aromatic N) is 4. The number of hydrogen-bond donors (Lipinski definition) is 0. The largest absolute Gasteiger partial charge is 0.438 e. The molecule has 6 aromatic carbocycles. The summed E-state index contributed by atoms with van der Waals surface area (Å²) in [5, 5.41) is 1.17. The fraction of sp³-hybridized carbons (Fsp3) is 0. The quantitative estimate of drug-likeness (QED) is 0.200. The number of oxazole rings is 1. The summed E-state index contributed by atoms with van der Waals surface area (Å²) < 4.78 is 8.65. The monoisotopic (exact) mass is 590 g/mol. The van der Waals surface area contributed by atoms with Gasteiger partial charge in [0.2, 0.25) is 5.71 Å². The van der Waals surface area contributed by atoms with E-state index in [2.05, 4.69) is 89.3 Å². The Balaban J connectivity index is 1.13. The Morgan fingerprint density at radius 3 is 1.61 bits per heavy atom. The molecule has 0 N–H and O–H groups in total. The molecular weight excluding hydrogens is 564 g/mol. The maximum Gasteiger partial charge on any atom is 0.213 e. The molecule has 0 aliphatic heterocycles. The molecule has 0 saturated heterocycles. The molecule has 0 aliphatic rings. The van der Waals surface area contributed by atoms with Gasteiger partial charge in [0.15, 0.2) is 23.1 Å². The zero-order valence-electron chi connectivity index (χ0n) is 24.7. The van der Waals surface area contributed by atoms with E-state index in [0.717, 1.165) is 61.3 Å². The molecule has 0 amide bonds. The molecule has 216 valence electrons. The highest BCUT2D eigenvalue weighted by molar-refractivity contribution is 6.07. The van der Waals surface area contributed by atoms with E-state index in [-0.39, 0.29) is 0 Å². The van der Waals surface area contributed by atoms with Crippen molar-refractivity contribution in [2.24, 2.45) is 0 Å². The molecule has 46 heavy (non-hydrogen) atoms. The smallest absolute Gasteiger partial charge is 0.213 e. The van der Waals surface area contributed by atoms with Gasteiger partial charge in [-0.05, 0) is 41.0 Å². The number of aromatic nitrogens is 4. The van der Waals surface area contributed by atoms with Gasteiger partial charge in [-0.1, -0.05) is 133 Å². The van der Waals surface area contributed by atoms with Crippen LogP contribution in [0.4, 0.5) is 0 Å². The van der Waals surface area contributed by atoms with E-state index in [4.69, 9.17) is 19.4 Å². The molecule has 3 heterocycles. The van der Waals surface area contributed by atoms with Crippen LogP contribution < -0.4 is 0 Å². The minimum absolute atomic E-state index is 0.638. The molecular formula is C41H26N4O. The van der Waals surface area contributed by atoms with Crippen molar-refractivity contribution in [3.05, 3.63) is 158 Å². The maximum atomic E-state index is 6.43. The van der Waals surface area contributed by atoms with Crippen LogP contribution in [0.5, 0.6) is 0 Å². The van der Waals surface area contributed by atoms with Crippen LogP contribution in [0.2, 0.25) is 0 Å². The second-order valence-corrected chi connectivity index (χ2v) is 11.3. The van der Waals surface area contributed by atoms with Crippen LogP contribution in [0.25, 0.3) is 84.1 Å². The summed E-state index contributed by atoms with van der Waals surface area (Å²) in [7, 11) is 0. The topological polar surface area (TPSA) is 56.2 Å². The van der Waals surface area contributed by atoms with E-state index < -0.39 is 0 Å². The van der Waals surface area contributed by atoms with Crippen molar-refractivity contribution in [1.82, 2.24) is 19.4 Å². The third-order valence-corrected chi connectivity index (χ3v) is 8.47. The van der Waals surface area contributed by atoms with Gasteiger partial charge in [-0.2, -0.15) is 0 Å². The third-order valence-electron chi connectivity index (χ3n) is 8.47. The number of fused-ring (bicyclic) bond motifs is 5. The normalized spacial score (nSPS) is 11.5. The van der Waals surface area contributed by atoms with Gasteiger partial charge in [0.25, 0.3) is 0 Å². The third kappa shape index (κ3) is 4.37. The molecule has 9 rings (SSSR count). The van der Waals surface area contributed by atoms with Crippen LogP contribution in [0, 0.1) is 0 Å². The first kappa shape index (κ1) is 26.1. The zero-order chi connectivity index (χ0) is 30.5. The summed E-state index contributed by atoms with van der Waals surface area (Å²) in [6, 6.07) is 53.9. The van der Waals surface area contributed by atoms with Crippen LogP contribution in [-0.4, -0.2) is 19.4 Å².